The van der Waals surface area contributed by atoms with Crippen LogP contribution in [0.5, 0.6) is 0 Å². The van der Waals surface area contributed by atoms with E-state index in [4.69, 9.17) is 19.7 Å². The van der Waals surface area contributed by atoms with Crippen molar-refractivity contribution in [3.05, 3.63) is 29.5 Å². The number of nitrogens with one attached hydrogen (secondary N) is 1. The van der Waals surface area contributed by atoms with Crippen LogP contribution in [-0.2, 0) is 32.1 Å². The first-order valence-corrected chi connectivity index (χ1v) is 7.41. The van der Waals surface area contributed by atoms with Crippen molar-refractivity contribution >= 4 is 29.0 Å². The molecule has 0 radical (unpaired) electrons. The molecule has 0 aliphatic rings. The van der Waals surface area contributed by atoms with Crippen LogP contribution >= 0.6 is 0 Å². The van der Waals surface area contributed by atoms with Crippen LogP contribution in [0.4, 0.5) is 4.79 Å². The second kappa shape index (κ2) is 15.9. The summed E-state index contributed by atoms with van der Waals surface area (Å²) in [4.78, 5) is 31.7. The van der Waals surface area contributed by atoms with E-state index in [0.29, 0.717) is 5.56 Å². The first kappa shape index (κ1) is 30.3. The largest absolute Gasteiger partial charge is 1.00 e. The molecule has 1 aromatic carbocycles. The van der Waals surface area contributed by atoms with Crippen molar-refractivity contribution in [2.45, 2.75) is 19.4 Å². The molecule has 2 N–H and O–H groups in total. The molecular formula is C16H18K2N2O8. The first-order chi connectivity index (χ1) is 12.3. The molecule has 2 rings (SSSR count). The zero-order valence-corrected chi connectivity index (χ0v) is 22.4. The number of fused-ring (bicyclic) bond motifs is 1. The number of hydrogen-bond acceptors (Lipinski definition) is 9. The Balaban J connectivity index is 0. The number of esters is 2. The molecule has 1 atom stereocenters. The molecule has 12 heteroatoms. The van der Waals surface area contributed by atoms with E-state index in [0.717, 1.165) is 16.5 Å². The Morgan fingerprint density at radius 2 is 1.79 bits per heavy atom. The average molecular weight is 445 g/mol. The number of carboxylic acid groups (broad SMARTS) is 2. The third kappa shape index (κ3) is 9.76. The summed E-state index contributed by atoms with van der Waals surface area (Å²) >= 11 is 0. The molecule has 10 nitrogen and oxygen atoms in total. The Hall–Kier alpha value is 0.133. The first-order valence-electron chi connectivity index (χ1n) is 7.41. The maximum absolute atomic E-state index is 11.9. The molecule has 0 bridgehead atoms. The van der Waals surface area contributed by atoms with Gasteiger partial charge in [-0.2, -0.15) is 5.10 Å². The Labute approximate surface area is 246 Å². The van der Waals surface area contributed by atoms with Gasteiger partial charge in [0.1, 0.15) is 0 Å². The number of aromatic nitrogens is 2. The molecule has 0 aliphatic carbocycles. The minimum Gasteiger partial charge on any atom is -0.652 e. The standard InChI is InChI=1S/C15H18N2O5.CH2O3.2K/c1-21-14(19)6-10(15(20)22-2)5-9-3-4-13-11(7-16-17-13)12(9)8-18;2-1(3)4;;/h3-4,7,10,18H,5-6,8H2,1-2H3,(H,16,17);(H2,2,3,4);;/q;;2*+1/p-2/t10-;;;/m1.../s1. The van der Waals surface area contributed by atoms with E-state index in [-0.39, 0.29) is 122 Å². The molecule has 1 heterocycles. The zero-order chi connectivity index (χ0) is 19.7. The molecule has 0 saturated carbocycles. The molecule has 0 spiro atoms. The second-order valence-electron chi connectivity index (χ2n) is 5.15. The Morgan fingerprint density at radius 1 is 1.18 bits per heavy atom. The third-order valence-electron chi connectivity index (χ3n) is 3.63. The van der Waals surface area contributed by atoms with Gasteiger partial charge in [-0.25, -0.2) is 0 Å². The van der Waals surface area contributed by atoms with Crippen LogP contribution < -0.4 is 113 Å². The molecular weight excluding hydrogens is 426 g/mol. The van der Waals surface area contributed by atoms with Crippen LogP contribution in [0.1, 0.15) is 17.5 Å². The average Bonchev–Trinajstić information content (AvgIpc) is 3.08. The number of carbonyl (C=O) groups excluding carboxylic acids is 3. The monoisotopic (exact) mass is 444 g/mol. The number of nitrogens with zero attached hydrogens (tertiary/aromatic N) is 1. The summed E-state index contributed by atoms with van der Waals surface area (Å²) in [7, 11) is 2.55. The van der Waals surface area contributed by atoms with Crippen molar-refractivity contribution in [3.8, 4) is 0 Å². The van der Waals surface area contributed by atoms with E-state index in [1.807, 2.05) is 6.07 Å². The number of methoxy groups -OCH3 is 2. The molecule has 0 unspecified atom stereocenters. The summed E-state index contributed by atoms with van der Waals surface area (Å²) in [5.74, 6) is -1.63. The van der Waals surface area contributed by atoms with Crippen LogP contribution in [0.2, 0.25) is 0 Å². The topological polar surface area (TPSA) is 165 Å². The van der Waals surface area contributed by atoms with Crippen molar-refractivity contribution < 1.29 is 142 Å². The second-order valence-corrected chi connectivity index (χ2v) is 5.15. The third-order valence-corrected chi connectivity index (χ3v) is 3.63. The Kier molecular flexibility index (Phi) is 17.2. The van der Waals surface area contributed by atoms with Gasteiger partial charge in [0, 0.05) is 5.39 Å². The maximum atomic E-state index is 11.9. The van der Waals surface area contributed by atoms with E-state index in [9.17, 15) is 14.7 Å². The van der Waals surface area contributed by atoms with Gasteiger partial charge in [-0.15, -0.1) is 0 Å². The van der Waals surface area contributed by atoms with Crippen molar-refractivity contribution in [2.24, 2.45) is 5.92 Å². The van der Waals surface area contributed by atoms with Gasteiger partial charge in [0.15, 0.2) is 0 Å². The number of aliphatic hydroxyl groups is 1. The molecule has 0 aliphatic heterocycles. The summed E-state index contributed by atoms with van der Waals surface area (Å²) < 4.78 is 9.36. The number of carbonyl (C=O) groups is 3. The van der Waals surface area contributed by atoms with Crippen molar-refractivity contribution in [3.63, 3.8) is 0 Å². The van der Waals surface area contributed by atoms with E-state index in [1.54, 1.807) is 12.3 Å². The molecule has 1 aromatic heterocycles. The number of hydrogen-bond donors (Lipinski definition) is 2. The number of H-pyrrole nitrogens is 1. The fraction of sp³-hybridized carbons (Fsp3) is 0.375. The maximum Gasteiger partial charge on any atom is 1.00 e. The summed E-state index contributed by atoms with van der Waals surface area (Å²) in [6.07, 6.45) is -0.506. The smallest absolute Gasteiger partial charge is 0.652 e. The Bertz CT molecular complexity index is 777. The van der Waals surface area contributed by atoms with Crippen molar-refractivity contribution in [2.75, 3.05) is 14.2 Å². The van der Waals surface area contributed by atoms with Gasteiger partial charge in [-0.1, -0.05) is 6.07 Å². The fourth-order valence-electron chi connectivity index (χ4n) is 2.45. The SMILES string of the molecule is COC(=O)C[C@@H](Cc1ccc2[nH]ncc2c1CO)C(=O)OC.O=C([O-])[O-].[K+].[K+]. The summed E-state index contributed by atoms with van der Waals surface area (Å²) in [6, 6.07) is 3.63. The minimum absolute atomic E-state index is 0. The van der Waals surface area contributed by atoms with Crippen LogP contribution in [-0.4, -0.2) is 47.6 Å². The van der Waals surface area contributed by atoms with E-state index in [2.05, 4.69) is 14.9 Å². The fourth-order valence-corrected chi connectivity index (χ4v) is 2.45. The van der Waals surface area contributed by atoms with Crippen molar-refractivity contribution in [1.29, 1.82) is 0 Å². The summed E-state index contributed by atoms with van der Waals surface area (Å²) in [6.45, 7) is -0.182. The molecule has 28 heavy (non-hydrogen) atoms. The van der Waals surface area contributed by atoms with Crippen LogP contribution in [0.15, 0.2) is 18.3 Å². The normalized spacial score (nSPS) is 10.4. The predicted octanol–water partition coefficient (Wildman–Crippen LogP) is -7.49. The summed E-state index contributed by atoms with van der Waals surface area (Å²) in [5, 5.41) is 33.8. The van der Waals surface area contributed by atoms with Gasteiger partial charge in [0.2, 0.25) is 0 Å². The van der Waals surface area contributed by atoms with Gasteiger partial charge in [0.25, 0.3) is 0 Å². The van der Waals surface area contributed by atoms with E-state index < -0.39 is 24.0 Å². The van der Waals surface area contributed by atoms with Gasteiger partial charge < -0.3 is 29.6 Å². The number of rotatable bonds is 6. The molecule has 0 amide bonds. The van der Waals surface area contributed by atoms with Crippen LogP contribution in [0.3, 0.4) is 0 Å². The number of benzene rings is 1. The van der Waals surface area contributed by atoms with Crippen LogP contribution in [0.25, 0.3) is 10.9 Å². The summed E-state index contributed by atoms with van der Waals surface area (Å²) in [5.41, 5.74) is 2.26. The molecule has 0 saturated heterocycles. The van der Waals surface area contributed by atoms with Gasteiger partial charge in [-0.3, -0.25) is 14.7 Å². The zero-order valence-electron chi connectivity index (χ0n) is 16.2. The quantitative estimate of drug-likeness (QED) is 0.325. The Morgan fingerprint density at radius 3 is 2.29 bits per heavy atom. The van der Waals surface area contributed by atoms with Gasteiger partial charge in [-0.05, 0) is 29.8 Å². The van der Waals surface area contributed by atoms with Gasteiger partial charge >= 0.3 is 115 Å². The minimum atomic E-state index is -2.33. The van der Waals surface area contributed by atoms with Crippen molar-refractivity contribution in [1.82, 2.24) is 10.2 Å². The number of aromatic amines is 1. The predicted molar refractivity (Wildman–Crippen MR) is 83.3 cm³/mol. The number of aliphatic hydroxyl groups excluding tert-OH is 1. The van der Waals surface area contributed by atoms with Gasteiger partial charge in [0.05, 0.1) is 44.9 Å². The van der Waals surface area contributed by atoms with Crippen LogP contribution in [0, 0.1) is 5.92 Å². The molecule has 2 aromatic rings. The number of ether oxygens (including phenoxy) is 2. The molecule has 0 fully saturated rings. The van der Waals surface area contributed by atoms with E-state index in [1.165, 1.54) is 14.2 Å². The van der Waals surface area contributed by atoms with E-state index >= 15 is 0 Å². The molecule has 142 valence electrons.